The maximum absolute atomic E-state index is 13.9. The molecule has 2 aromatic carbocycles. The van der Waals surface area contributed by atoms with Crippen LogP contribution in [0.25, 0.3) is 0 Å². The molecule has 3 nitrogen and oxygen atoms in total. The molecule has 3 N–H and O–H groups in total. The number of ether oxygens (including phenoxy) is 1. The fourth-order valence-corrected chi connectivity index (χ4v) is 2.37. The van der Waals surface area contributed by atoms with Gasteiger partial charge >= 0.3 is 0 Å². The lowest BCUT2D eigenvalue weighted by molar-refractivity contribution is 0.403. The van der Waals surface area contributed by atoms with E-state index in [1.54, 1.807) is 7.11 Å². The minimum Gasteiger partial charge on any atom is -0.496 e. The Morgan fingerprint density at radius 1 is 1.19 bits per heavy atom. The molecular formula is C16H18F2N2O. The second-order valence-electron chi connectivity index (χ2n) is 4.87. The summed E-state index contributed by atoms with van der Waals surface area (Å²) in [5, 5.41) is 0. The van der Waals surface area contributed by atoms with Crippen molar-refractivity contribution in [1.29, 1.82) is 0 Å². The van der Waals surface area contributed by atoms with Gasteiger partial charge in [-0.1, -0.05) is 23.8 Å². The van der Waals surface area contributed by atoms with E-state index in [0.29, 0.717) is 12.2 Å². The highest BCUT2D eigenvalue weighted by molar-refractivity contribution is 5.38. The molecule has 2 aromatic rings. The molecule has 112 valence electrons. The van der Waals surface area contributed by atoms with Crippen LogP contribution in [0.3, 0.4) is 0 Å². The first-order valence-electron chi connectivity index (χ1n) is 6.60. The Hall–Kier alpha value is -1.98. The lowest BCUT2D eigenvalue weighted by atomic mass is 9.97. The van der Waals surface area contributed by atoms with E-state index in [9.17, 15) is 8.78 Å². The van der Waals surface area contributed by atoms with Crippen molar-refractivity contribution in [2.45, 2.75) is 19.4 Å². The molecule has 0 saturated carbocycles. The average molecular weight is 292 g/mol. The van der Waals surface area contributed by atoms with Gasteiger partial charge in [0.15, 0.2) is 0 Å². The summed E-state index contributed by atoms with van der Waals surface area (Å²) in [5.41, 5.74) is 4.29. The zero-order valence-electron chi connectivity index (χ0n) is 12.0. The number of hydrazine groups is 1. The van der Waals surface area contributed by atoms with Gasteiger partial charge in [0.1, 0.15) is 17.4 Å². The number of methoxy groups -OCH3 is 1. The lowest BCUT2D eigenvalue weighted by Crippen LogP contribution is -2.31. The number of aryl methyl sites for hydroxylation is 1. The smallest absolute Gasteiger partial charge is 0.130 e. The standard InChI is InChI=1S/C16H18F2N2O/c1-10-6-7-15(21-2)11(8-10)9-14(20-19)16-12(17)4-3-5-13(16)18/h3-8,14,20H,9,19H2,1-2H3. The first-order valence-corrected chi connectivity index (χ1v) is 6.60. The fourth-order valence-electron chi connectivity index (χ4n) is 2.37. The van der Waals surface area contributed by atoms with Crippen LogP contribution >= 0.6 is 0 Å². The molecule has 1 unspecified atom stereocenters. The molecule has 0 radical (unpaired) electrons. The van der Waals surface area contributed by atoms with Crippen molar-refractivity contribution < 1.29 is 13.5 Å². The monoisotopic (exact) mass is 292 g/mol. The first-order chi connectivity index (χ1) is 10.1. The largest absolute Gasteiger partial charge is 0.496 e. The number of rotatable bonds is 5. The van der Waals surface area contributed by atoms with Crippen LogP contribution in [0.15, 0.2) is 36.4 Å². The molecule has 0 saturated heterocycles. The van der Waals surface area contributed by atoms with Gasteiger partial charge in [0.05, 0.1) is 13.2 Å². The Labute approximate surface area is 122 Å². The SMILES string of the molecule is COc1ccc(C)cc1CC(NN)c1c(F)cccc1F. The van der Waals surface area contributed by atoms with Gasteiger partial charge in [-0.3, -0.25) is 11.3 Å². The summed E-state index contributed by atoms with van der Waals surface area (Å²) in [6, 6.07) is 8.75. The van der Waals surface area contributed by atoms with Gasteiger partial charge < -0.3 is 4.74 Å². The van der Waals surface area contributed by atoms with E-state index in [2.05, 4.69) is 5.43 Å². The van der Waals surface area contributed by atoms with Crippen LogP contribution in [-0.4, -0.2) is 7.11 Å². The molecule has 0 aliphatic rings. The number of hydrogen-bond donors (Lipinski definition) is 2. The zero-order chi connectivity index (χ0) is 15.4. The normalized spacial score (nSPS) is 12.2. The number of benzene rings is 2. The van der Waals surface area contributed by atoms with Crippen molar-refractivity contribution in [3.8, 4) is 5.75 Å². The van der Waals surface area contributed by atoms with Crippen LogP contribution in [-0.2, 0) is 6.42 Å². The van der Waals surface area contributed by atoms with Crippen LogP contribution in [0.2, 0.25) is 0 Å². The molecule has 0 bridgehead atoms. The Balaban J connectivity index is 2.38. The highest BCUT2D eigenvalue weighted by atomic mass is 19.1. The Kier molecular flexibility index (Phi) is 4.88. The van der Waals surface area contributed by atoms with Gasteiger partial charge in [-0.05, 0) is 37.1 Å². The summed E-state index contributed by atoms with van der Waals surface area (Å²) in [4.78, 5) is 0. The van der Waals surface area contributed by atoms with E-state index in [1.165, 1.54) is 18.2 Å². The quantitative estimate of drug-likeness (QED) is 0.658. The van der Waals surface area contributed by atoms with Crippen LogP contribution in [0.1, 0.15) is 22.7 Å². The summed E-state index contributed by atoms with van der Waals surface area (Å²) in [6.45, 7) is 1.94. The van der Waals surface area contributed by atoms with Crippen molar-refractivity contribution >= 4 is 0 Å². The van der Waals surface area contributed by atoms with E-state index >= 15 is 0 Å². The lowest BCUT2D eigenvalue weighted by Gasteiger charge is -2.19. The highest BCUT2D eigenvalue weighted by Gasteiger charge is 2.20. The molecule has 0 aromatic heterocycles. The molecule has 1 atom stereocenters. The summed E-state index contributed by atoms with van der Waals surface area (Å²) in [6.07, 6.45) is 0.319. The zero-order valence-corrected chi connectivity index (χ0v) is 12.0. The predicted molar refractivity (Wildman–Crippen MR) is 77.9 cm³/mol. The summed E-state index contributed by atoms with van der Waals surface area (Å²) < 4.78 is 33.1. The molecule has 0 aliphatic carbocycles. The van der Waals surface area contributed by atoms with Crippen molar-refractivity contribution in [2.24, 2.45) is 5.84 Å². The Morgan fingerprint density at radius 2 is 1.86 bits per heavy atom. The van der Waals surface area contributed by atoms with E-state index in [1.807, 2.05) is 25.1 Å². The Bertz CT molecular complexity index is 611. The van der Waals surface area contributed by atoms with Crippen LogP contribution < -0.4 is 16.0 Å². The maximum Gasteiger partial charge on any atom is 0.130 e. The highest BCUT2D eigenvalue weighted by Crippen LogP contribution is 2.28. The molecule has 0 spiro atoms. The number of nitrogens with one attached hydrogen (secondary N) is 1. The second-order valence-corrected chi connectivity index (χ2v) is 4.87. The van der Waals surface area contributed by atoms with Crippen molar-refractivity contribution in [3.05, 3.63) is 64.7 Å². The fraction of sp³-hybridized carbons (Fsp3) is 0.250. The van der Waals surface area contributed by atoms with E-state index in [4.69, 9.17) is 10.6 Å². The number of hydrogen-bond acceptors (Lipinski definition) is 3. The molecule has 0 fully saturated rings. The summed E-state index contributed by atoms with van der Waals surface area (Å²) in [7, 11) is 1.56. The van der Waals surface area contributed by atoms with Gasteiger partial charge in [0.25, 0.3) is 0 Å². The molecule has 0 aliphatic heterocycles. The average Bonchev–Trinajstić information content (AvgIpc) is 2.46. The van der Waals surface area contributed by atoms with Crippen LogP contribution in [0.4, 0.5) is 8.78 Å². The van der Waals surface area contributed by atoms with Gasteiger partial charge in [0, 0.05) is 5.56 Å². The summed E-state index contributed by atoms with van der Waals surface area (Å²) >= 11 is 0. The van der Waals surface area contributed by atoms with E-state index in [-0.39, 0.29) is 5.56 Å². The summed E-state index contributed by atoms with van der Waals surface area (Å²) in [5.74, 6) is 4.92. The third-order valence-electron chi connectivity index (χ3n) is 3.41. The predicted octanol–water partition coefficient (Wildman–Crippen LogP) is 3.03. The minimum absolute atomic E-state index is 0.0661. The molecule has 5 heteroatoms. The minimum atomic E-state index is -0.679. The first kappa shape index (κ1) is 15.4. The molecule has 0 heterocycles. The van der Waals surface area contributed by atoms with Gasteiger partial charge in [-0.25, -0.2) is 8.78 Å². The molecule has 0 amide bonds. The van der Waals surface area contributed by atoms with Crippen molar-refractivity contribution in [2.75, 3.05) is 7.11 Å². The topological polar surface area (TPSA) is 47.3 Å². The van der Waals surface area contributed by atoms with Gasteiger partial charge in [-0.2, -0.15) is 0 Å². The van der Waals surface area contributed by atoms with E-state index in [0.717, 1.165) is 11.1 Å². The third-order valence-corrected chi connectivity index (χ3v) is 3.41. The van der Waals surface area contributed by atoms with Gasteiger partial charge in [0.2, 0.25) is 0 Å². The maximum atomic E-state index is 13.9. The molecular weight excluding hydrogens is 274 g/mol. The van der Waals surface area contributed by atoms with Crippen LogP contribution in [0, 0.1) is 18.6 Å². The van der Waals surface area contributed by atoms with Gasteiger partial charge in [-0.15, -0.1) is 0 Å². The van der Waals surface area contributed by atoms with Crippen molar-refractivity contribution in [3.63, 3.8) is 0 Å². The molecule has 2 rings (SSSR count). The Morgan fingerprint density at radius 3 is 2.43 bits per heavy atom. The second kappa shape index (κ2) is 6.65. The molecule has 21 heavy (non-hydrogen) atoms. The number of halogens is 2. The van der Waals surface area contributed by atoms with Crippen LogP contribution in [0.5, 0.6) is 5.75 Å². The third kappa shape index (κ3) is 3.37. The van der Waals surface area contributed by atoms with E-state index < -0.39 is 17.7 Å². The number of nitrogens with two attached hydrogens (primary N) is 1. The van der Waals surface area contributed by atoms with Crippen molar-refractivity contribution in [1.82, 2.24) is 5.43 Å².